The number of morpholine rings is 1. The van der Waals surface area contributed by atoms with Gasteiger partial charge in [-0.1, -0.05) is 12.6 Å². The van der Waals surface area contributed by atoms with Crippen LogP contribution in [-0.2, 0) is 16.1 Å². The molecule has 1 aromatic carbocycles. The van der Waals surface area contributed by atoms with Gasteiger partial charge >= 0.3 is 0 Å². The summed E-state index contributed by atoms with van der Waals surface area (Å²) in [6.07, 6.45) is 3.61. The molecule has 4 aliphatic rings. The minimum Gasteiger partial charge on any atom is -0.487 e. The molecule has 0 spiro atoms. The zero-order valence-corrected chi connectivity index (χ0v) is 20.4. The molecule has 2 N–H and O–H groups in total. The topological polar surface area (TPSA) is 90.4 Å². The molecule has 3 fully saturated rings. The van der Waals surface area contributed by atoms with Gasteiger partial charge in [0.25, 0.3) is 0 Å². The van der Waals surface area contributed by atoms with E-state index in [9.17, 15) is 9.90 Å². The second-order valence-corrected chi connectivity index (χ2v) is 9.98. The summed E-state index contributed by atoms with van der Waals surface area (Å²) in [6.45, 7) is 10.1. The van der Waals surface area contributed by atoms with Crippen LogP contribution in [-0.4, -0.2) is 90.4 Å². The van der Waals surface area contributed by atoms with Crippen LogP contribution in [0, 0.1) is 0 Å². The second kappa shape index (κ2) is 9.72. The number of benzene rings is 1. The molecule has 0 aliphatic carbocycles. The summed E-state index contributed by atoms with van der Waals surface area (Å²) in [4.78, 5) is 22.8. The van der Waals surface area contributed by atoms with E-state index in [1.165, 1.54) is 6.08 Å². The average Bonchev–Trinajstić information content (AvgIpc) is 3.07. The number of hydrogen-bond donors (Lipinski definition) is 2. The van der Waals surface area contributed by atoms with Crippen LogP contribution in [0.15, 0.2) is 43.1 Å². The van der Waals surface area contributed by atoms with Crippen molar-refractivity contribution in [3.63, 3.8) is 0 Å². The molecule has 1 amide bonds. The largest absolute Gasteiger partial charge is 0.487 e. The number of anilines is 3. The van der Waals surface area contributed by atoms with Gasteiger partial charge in [-0.2, -0.15) is 0 Å². The third-order valence-corrected chi connectivity index (χ3v) is 7.92. The summed E-state index contributed by atoms with van der Waals surface area (Å²) < 4.78 is 11.7. The van der Waals surface area contributed by atoms with Crippen LogP contribution in [0.2, 0.25) is 0 Å². The van der Waals surface area contributed by atoms with Crippen molar-refractivity contribution in [2.75, 3.05) is 62.7 Å². The van der Waals surface area contributed by atoms with Gasteiger partial charge in [0.05, 0.1) is 30.6 Å². The molecule has 9 heteroatoms. The summed E-state index contributed by atoms with van der Waals surface area (Å²) in [7, 11) is 0. The number of ether oxygens (including phenoxy) is 2. The van der Waals surface area contributed by atoms with Crippen molar-refractivity contribution in [2.45, 2.75) is 31.1 Å². The third kappa shape index (κ3) is 4.31. The van der Waals surface area contributed by atoms with Crippen molar-refractivity contribution in [1.82, 2.24) is 14.8 Å². The number of pyridine rings is 1. The maximum Gasteiger partial charge on any atom is 0.246 e. The molecule has 190 valence electrons. The van der Waals surface area contributed by atoms with Gasteiger partial charge in [0, 0.05) is 56.6 Å². The number of β-amino-alcohol motifs (C(OH)–C–C–N with tert-alkyl or cyclic N) is 1. The maximum absolute atomic E-state index is 11.8. The molecule has 0 bridgehead atoms. The fraction of sp³-hybridized carbons (Fsp3) is 0.481. The van der Waals surface area contributed by atoms with Gasteiger partial charge in [-0.25, -0.2) is 4.98 Å². The Morgan fingerprint density at radius 2 is 2.00 bits per heavy atom. The maximum atomic E-state index is 11.8. The molecule has 36 heavy (non-hydrogen) atoms. The van der Waals surface area contributed by atoms with Crippen LogP contribution in [0.3, 0.4) is 0 Å². The predicted molar refractivity (Wildman–Crippen MR) is 137 cm³/mol. The van der Waals surface area contributed by atoms with E-state index in [0.717, 1.165) is 73.3 Å². The predicted octanol–water partition coefficient (Wildman–Crippen LogP) is 2.10. The lowest BCUT2D eigenvalue weighted by Crippen LogP contribution is -2.63. The fourth-order valence-corrected chi connectivity index (χ4v) is 5.78. The zero-order valence-electron chi connectivity index (χ0n) is 20.4. The number of amides is 1. The molecule has 0 saturated carbocycles. The standard InChI is InChI=1S/C27H33N5O4/c1-2-26(34)32-14-19(15-32)31-8-6-20(24(33)16-31)18-3-4-25-22(13-18)29-27-21(17-36-25)23(5-7-28-27)30-9-11-35-12-10-30/h2-5,7,13,19-20,24,33H,1,6,8-12,14-17H2,(H,28,29)/t20-,24-/m0/s1. The van der Waals surface area contributed by atoms with Crippen molar-refractivity contribution in [3.05, 3.63) is 54.2 Å². The van der Waals surface area contributed by atoms with Crippen molar-refractivity contribution in [3.8, 4) is 5.75 Å². The number of hydrogen-bond acceptors (Lipinski definition) is 8. The SMILES string of the molecule is C=CC(=O)N1CC(N2CC[C@@H](c3ccc4c(c3)Nc3nccc(N5CCOCC5)c3CO4)[C@@H](O)C2)C1. The van der Waals surface area contributed by atoms with E-state index in [1.54, 1.807) is 4.90 Å². The second-order valence-electron chi connectivity index (χ2n) is 9.98. The molecule has 0 unspecified atom stereocenters. The Labute approximate surface area is 211 Å². The fourth-order valence-electron chi connectivity index (χ4n) is 5.78. The summed E-state index contributed by atoms with van der Waals surface area (Å²) in [6, 6.07) is 8.54. The number of nitrogens with zero attached hydrogens (tertiary/aromatic N) is 4. The van der Waals surface area contributed by atoms with Crippen LogP contribution in [0.1, 0.15) is 23.5 Å². The van der Waals surface area contributed by atoms with Crippen LogP contribution in [0.25, 0.3) is 0 Å². The van der Waals surface area contributed by atoms with Gasteiger partial charge in [0.15, 0.2) is 0 Å². The monoisotopic (exact) mass is 491 g/mol. The van der Waals surface area contributed by atoms with Crippen molar-refractivity contribution >= 4 is 23.1 Å². The molecule has 2 aromatic rings. The van der Waals surface area contributed by atoms with E-state index in [1.807, 2.05) is 12.3 Å². The molecule has 5 heterocycles. The Morgan fingerprint density at radius 3 is 2.78 bits per heavy atom. The zero-order chi connectivity index (χ0) is 24.6. The highest BCUT2D eigenvalue weighted by atomic mass is 16.5. The lowest BCUT2D eigenvalue weighted by atomic mass is 9.85. The number of fused-ring (bicyclic) bond motifs is 2. The minimum atomic E-state index is -0.467. The number of aromatic nitrogens is 1. The van der Waals surface area contributed by atoms with Gasteiger partial charge in [0.2, 0.25) is 5.91 Å². The highest BCUT2D eigenvalue weighted by Crippen LogP contribution is 2.40. The molecule has 3 saturated heterocycles. The number of likely N-dealkylation sites (tertiary alicyclic amines) is 2. The third-order valence-electron chi connectivity index (χ3n) is 7.92. The van der Waals surface area contributed by atoms with Gasteiger partial charge in [-0.15, -0.1) is 0 Å². The van der Waals surface area contributed by atoms with Crippen LogP contribution < -0.4 is 15.0 Å². The smallest absolute Gasteiger partial charge is 0.246 e. The first-order chi connectivity index (χ1) is 17.6. The van der Waals surface area contributed by atoms with Crippen molar-refractivity contribution in [2.24, 2.45) is 0 Å². The lowest BCUT2D eigenvalue weighted by molar-refractivity contribution is -0.134. The normalized spacial score (nSPS) is 24.5. The molecular weight excluding hydrogens is 458 g/mol. The summed E-state index contributed by atoms with van der Waals surface area (Å²) in [5.41, 5.74) is 4.16. The van der Waals surface area contributed by atoms with Gasteiger partial charge < -0.3 is 29.7 Å². The van der Waals surface area contributed by atoms with Gasteiger partial charge in [-0.3, -0.25) is 9.69 Å². The Kier molecular flexibility index (Phi) is 6.29. The molecule has 6 rings (SSSR count). The number of nitrogens with one attached hydrogen (secondary N) is 1. The van der Waals surface area contributed by atoms with E-state index in [4.69, 9.17) is 9.47 Å². The molecule has 9 nitrogen and oxygen atoms in total. The first-order valence-electron chi connectivity index (χ1n) is 12.8. The van der Waals surface area contributed by atoms with E-state index < -0.39 is 6.10 Å². The summed E-state index contributed by atoms with van der Waals surface area (Å²) in [5.74, 6) is 1.64. The highest BCUT2D eigenvalue weighted by Gasteiger charge is 2.38. The molecule has 0 radical (unpaired) electrons. The van der Waals surface area contributed by atoms with E-state index in [-0.39, 0.29) is 11.8 Å². The highest BCUT2D eigenvalue weighted by molar-refractivity contribution is 5.87. The molecule has 4 aliphatic heterocycles. The molecular formula is C27H33N5O4. The average molecular weight is 492 g/mol. The van der Waals surface area contributed by atoms with Gasteiger partial charge in [0.1, 0.15) is 18.2 Å². The van der Waals surface area contributed by atoms with Crippen molar-refractivity contribution < 1.29 is 19.4 Å². The number of aliphatic hydroxyl groups excluding tert-OH is 1. The minimum absolute atomic E-state index is 0.0190. The summed E-state index contributed by atoms with van der Waals surface area (Å²) in [5, 5.41) is 14.6. The Hall–Kier alpha value is -3.14. The number of carbonyl (C=O) groups is 1. The Bertz CT molecular complexity index is 1140. The molecule has 1 aromatic heterocycles. The summed E-state index contributed by atoms with van der Waals surface area (Å²) >= 11 is 0. The first-order valence-corrected chi connectivity index (χ1v) is 12.8. The number of carbonyl (C=O) groups excluding carboxylic acids is 1. The number of piperidine rings is 1. The number of aliphatic hydroxyl groups is 1. The Morgan fingerprint density at radius 1 is 1.17 bits per heavy atom. The van der Waals surface area contributed by atoms with Crippen molar-refractivity contribution in [1.29, 1.82) is 0 Å². The van der Waals surface area contributed by atoms with E-state index in [2.05, 4.69) is 44.9 Å². The van der Waals surface area contributed by atoms with E-state index in [0.29, 0.717) is 32.3 Å². The van der Waals surface area contributed by atoms with Crippen LogP contribution >= 0.6 is 0 Å². The van der Waals surface area contributed by atoms with E-state index >= 15 is 0 Å². The lowest BCUT2D eigenvalue weighted by Gasteiger charge is -2.48. The van der Waals surface area contributed by atoms with Crippen LogP contribution in [0.4, 0.5) is 17.2 Å². The first kappa shape index (κ1) is 23.3. The quantitative estimate of drug-likeness (QED) is 0.629. The Balaban J connectivity index is 1.16. The molecule has 2 atom stereocenters. The number of rotatable bonds is 4. The van der Waals surface area contributed by atoms with Gasteiger partial charge in [-0.05, 0) is 42.8 Å². The van der Waals surface area contributed by atoms with Crippen LogP contribution in [0.5, 0.6) is 5.75 Å².